The summed E-state index contributed by atoms with van der Waals surface area (Å²) in [4.78, 5) is 52.3. The summed E-state index contributed by atoms with van der Waals surface area (Å²) in [6.07, 6.45) is 2.89. The van der Waals surface area contributed by atoms with E-state index in [1.54, 1.807) is 38.1 Å². The number of rotatable bonds is 6. The molecule has 2 bridgehead atoms. The van der Waals surface area contributed by atoms with Gasteiger partial charge in [0, 0.05) is 10.6 Å². The van der Waals surface area contributed by atoms with Gasteiger partial charge in [-0.25, -0.2) is 4.79 Å². The first-order chi connectivity index (χ1) is 13.8. The summed E-state index contributed by atoms with van der Waals surface area (Å²) >= 11 is 5.82. The molecule has 3 aliphatic rings. The predicted molar refractivity (Wildman–Crippen MR) is 105 cm³/mol. The molecule has 6 nitrogen and oxygen atoms in total. The quantitative estimate of drug-likeness (QED) is 0.403. The van der Waals surface area contributed by atoms with Crippen molar-refractivity contribution in [2.24, 2.45) is 29.6 Å². The maximum absolute atomic E-state index is 13.0. The van der Waals surface area contributed by atoms with Gasteiger partial charge in [0.15, 0.2) is 12.4 Å². The molecule has 2 saturated carbocycles. The number of fused-ring (bicyclic) bond motifs is 5. The van der Waals surface area contributed by atoms with Gasteiger partial charge in [-0.3, -0.25) is 19.3 Å². The van der Waals surface area contributed by atoms with E-state index in [4.69, 9.17) is 16.3 Å². The van der Waals surface area contributed by atoms with Crippen LogP contribution in [0, 0.1) is 29.6 Å². The highest BCUT2D eigenvalue weighted by molar-refractivity contribution is 6.30. The van der Waals surface area contributed by atoms with E-state index < -0.39 is 18.6 Å². The van der Waals surface area contributed by atoms with Crippen LogP contribution in [-0.4, -0.2) is 41.1 Å². The number of benzene rings is 1. The van der Waals surface area contributed by atoms with Crippen molar-refractivity contribution >= 4 is 35.2 Å². The van der Waals surface area contributed by atoms with Crippen molar-refractivity contribution in [1.29, 1.82) is 0 Å². The molecule has 1 saturated heterocycles. The first kappa shape index (κ1) is 20.1. The highest BCUT2D eigenvalue weighted by Crippen LogP contribution is 2.56. The van der Waals surface area contributed by atoms with E-state index in [1.165, 1.54) is 0 Å². The lowest BCUT2D eigenvalue weighted by molar-refractivity contribution is -0.160. The van der Waals surface area contributed by atoms with Crippen LogP contribution in [0.2, 0.25) is 5.02 Å². The van der Waals surface area contributed by atoms with Crippen LogP contribution in [0.1, 0.15) is 43.5 Å². The zero-order valence-corrected chi connectivity index (χ0v) is 17.2. The molecule has 3 fully saturated rings. The van der Waals surface area contributed by atoms with Gasteiger partial charge in [0.25, 0.3) is 0 Å². The van der Waals surface area contributed by atoms with E-state index in [9.17, 15) is 19.2 Å². The fourth-order valence-electron chi connectivity index (χ4n) is 5.32. The van der Waals surface area contributed by atoms with Gasteiger partial charge >= 0.3 is 5.97 Å². The van der Waals surface area contributed by atoms with Crippen molar-refractivity contribution in [3.8, 4) is 0 Å². The topological polar surface area (TPSA) is 80.8 Å². The molecular formula is C22H24ClNO5. The molecule has 0 radical (unpaired) electrons. The van der Waals surface area contributed by atoms with Gasteiger partial charge in [-0.15, -0.1) is 0 Å². The summed E-state index contributed by atoms with van der Waals surface area (Å²) in [5.74, 6) is -1.94. The van der Waals surface area contributed by atoms with Gasteiger partial charge in [-0.05, 0) is 61.3 Å². The van der Waals surface area contributed by atoms with Gasteiger partial charge < -0.3 is 4.74 Å². The van der Waals surface area contributed by atoms with E-state index in [2.05, 4.69) is 0 Å². The number of hydrogen-bond donors (Lipinski definition) is 0. The first-order valence-corrected chi connectivity index (χ1v) is 10.5. The number of likely N-dealkylation sites (tertiary alicyclic amines) is 1. The SMILES string of the molecule is CC(C)[C@H](C(=O)OCC(=O)c1ccc(Cl)cc1)N1C(=O)[C@@H]2[C@H]3CC[C@H](C3)[C@@H]2C1=O. The molecule has 0 aromatic heterocycles. The number of esters is 1. The molecule has 1 aromatic carbocycles. The highest BCUT2D eigenvalue weighted by Gasteiger charge is 2.62. The molecule has 1 aliphatic heterocycles. The van der Waals surface area contributed by atoms with Crippen molar-refractivity contribution < 1.29 is 23.9 Å². The monoisotopic (exact) mass is 417 g/mol. The van der Waals surface area contributed by atoms with Crippen LogP contribution >= 0.6 is 11.6 Å². The Morgan fingerprint density at radius 1 is 1.07 bits per heavy atom. The van der Waals surface area contributed by atoms with Crippen LogP contribution in [0.5, 0.6) is 0 Å². The summed E-state index contributed by atoms with van der Waals surface area (Å²) in [5, 5.41) is 0.504. The molecule has 1 heterocycles. The second kappa shape index (κ2) is 7.56. The van der Waals surface area contributed by atoms with Gasteiger partial charge in [0.1, 0.15) is 6.04 Å². The van der Waals surface area contributed by atoms with Crippen LogP contribution in [0.3, 0.4) is 0 Å². The number of nitrogens with zero attached hydrogens (tertiary/aromatic N) is 1. The van der Waals surface area contributed by atoms with Gasteiger partial charge in [0.05, 0.1) is 11.8 Å². The standard InChI is InChI=1S/C22H24ClNO5/c1-11(2)19(22(28)29-10-16(25)12-5-7-15(23)8-6-12)24-20(26)17-13-3-4-14(9-13)18(17)21(24)27/h5-8,11,13-14,17-19H,3-4,9-10H2,1-2H3/t13-,14+,17+,18-,19-/m1/s1. The molecular weight excluding hydrogens is 394 g/mol. The number of imide groups is 1. The Morgan fingerprint density at radius 3 is 2.14 bits per heavy atom. The Kier molecular flexibility index (Phi) is 5.23. The minimum atomic E-state index is -1.00. The number of ether oxygens (including phenoxy) is 1. The molecule has 2 aliphatic carbocycles. The van der Waals surface area contributed by atoms with E-state index in [0.717, 1.165) is 24.2 Å². The van der Waals surface area contributed by atoms with Crippen LogP contribution in [0.15, 0.2) is 24.3 Å². The number of ketones is 1. The molecule has 0 N–H and O–H groups in total. The summed E-state index contributed by atoms with van der Waals surface area (Å²) in [6.45, 7) is 3.10. The first-order valence-electron chi connectivity index (χ1n) is 10.1. The molecule has 5 atom stereocenters. The average Bonchev–Trinajstić information content (AvgIpc) is 3.36. The van der Waals surface area contributed by atoms with Crippen LogP contribution in [0.25, 0.3) is 0 Å². The molecule has 2 amide bonds. The molecule has 1 aromatic rings. The molecule has 0 spiro atoms. The van der Waals surface area contributed by atoms with E-state index in [-0.39, 0.29) is 47.2 Å². The van der Waals surface area contributed by atoms with Crippen molar-refractivity contribution in [1.82, 2.24) is 4.90 Å². The second-order valence-corrected chi connectivity index (χ2v) is 9.09. The summed E-state index contributed by atoms with van der Waals surface area (Å²) in [5.41, 5.74) is 0.378. The summed E-state index contributed by atoms with van der Waals surface area (Å²) < 4.78 is 5.24. The van der Waals surface area contributed by atoms with Crippen molar-refractivity contribution in [3.63, 3.8) is 0 Å². The largest absolute Gasteiger partial charge is 0.456 e. The van der Waals surface area contributed by atoms with Gasteiger partial charge in [-0.1, -0.05) is 25.4 Å². The summed E-state index contributed by atoms with van der Waals surface area (Å²) in [6, 6.07) is 5.29. The number of halogens is 1. The molecule has 0 unspecified atom stereocenters. The van der Waals surface area contributed by atoms with E-state index in [0.29, 0.717) is 10.6 Å². The fourth-order valence-corrected chi connectivity index (χ4v) is 5.45. The van der Waals surface area contributed by atoms with Crippen LogP contribution < -0.4 is 0 Å². The van der Waals surface area contributed by atoms with Crippen molar-refractivity contribution in [2.45, 2.75) is 39.2 Å². The lowest BCUT2D eigenvalue weighted by Gasteiger charge is -2.28. The third kappa shape index (κ3) is 3.37. The maximum atomic E-state index is 13.0. The normalized spacial score (nSPS) is 28.8. The average molecular weight is 418 g/mol. The smallest absolute Gasteiger partial charge is 0.330 e. The molecule has 29 heavy (non-hydrogen) atoms. The van der Waals surface area contributed by atoms with Gasteiger partial charge in [-0.2, -0.15) is 0 Å². The fraction of sp³-hybridized carbons (Fsp3) is 0.545. The molecule has 154 valence electrons. The summed E-state index contributed by atoms with van der Waals surface area (Å²) in [7, 11) is 0. The van der Waals surface area contributed by atoms with Crippen LogP contribution in [0.4, 0.5) is 0 Å². The number of carbonyl (C=O) groups excluding carboxylic acids is 4. The van der Waals surface area contributed by atoms with Gasteiger partial charge in [0.2, 0.25) is 11.8 Å². The zero-order chi connectivity index (χ0) is 20.9. The Hall–Kier alpha value is -2.21. The second-order valence-electron chi connectivity index (χ2n) is 8.66. The minimum Gasteiger partial charge on any atom is -0.456 e. The third-order valence-corrected chi connectivity index (χ3v) is 6.88. The maximum Gasteiger partial charge on any atom is 0.330 e. The molecule has 4 rings (SSSR count). The van der Waals surface area contributed by atoms with Crippen molar-refractivity contribution in [3.05, 3.63) is 34.9 Å². The van der Waals surface area contributed by atoms with E-state index in [1.807, 2.05) is 0 Å². The number of Topliss-reactive ketones (excluding diaryl/α,β-unsaturated/α-hetero) is 1. The Balaban J connectivity index is 1.47. The lowest BCUT2D eigenvalue weighted by atomic mass is 9.81. The van der Waals surface area contributed by atoms with E-state index >= 15 is 0 Å². The molecule has 7 heteroatoms. The van der Waals surface area contributed by atoms with Crippen LogP contribution in [-0.2, 0) is 19.1 Å². The Labute approximate surface area is 174 Å². The minimum absolute atomic E-state index is 0.244. The highest BCUT2D eigenvalue weighted by atomic mass is 35.5. The number of hydrogen-bond acceptors (Lipinski definition) is 5. The predicted octanol–water partition coefficient (Wildman–Crippen LogP) is 3.12. The Morgan fingerprint density at radius 2 is 1.62 bits per heavy atom. The lowest BCUT2D eigenvalue weighted by Crippen LogP contribution is -2.50. The number of amides is 2. The Bertz CT molecular complexity index is 836. The van der Waals surface area contributed by atoms with Crippen molar-refractivity contribution in [2.75, 3.05) is 6.61 Å². The third-order valence-electron chi connectivity index (χ3n) is 6.62. The number of carbonyl (C=O) groups is 4. The zero-order valence-electron chi connectivity index (χ0n) is 16.5.